The molecule has 0 aromatic carbocycles. The molecule has 0 aromatic heterocycles. The van der Waals surface area contributed by atoms with Gasteiger partial charge in [0, 0.05) is 0 Å². The van der Waals surface area contributed by atoms with E-state index in [1.54, 1.807) is 0 Å². The molecule has 98 valence electrons. The zero-order valence-electron chi connectivity index (χ0n) is 8.49. The lowest BCUT2D eigenvalue weighted by Gasteiger charge is -2.36. The Hall–Kier alpha value is -1.28. The normalized spacial score (nSPS) is 35.1. The highest BCUT2D eigenvalue weighted by Crippen LogP contribution is 2.62. The molecule has 1 rings (SSSR count). The van der Waals surface area contributed by atoms with Crippen LogP contribution in [0.25, 0.3) is 0 Å². The average Bonchev–Trinajstić information content (AvgIpc) is 2.26. The van der Waals surface area contributed by atoms with Gasteiger partial charge < -0.3 is 4.74 Å². The number of alkyl halides is 6. The fourth-order valence-electron chi connectivity index (χ4n) is 1.49. The van der Waals surface area contributed by atoms with E-state index in [4.69, 9.17) is 0 Å². The van der Waals surface area contributed by atoms with Crippen molar-refractivity contribution in [1.29, 1.82) is 0 Å². The Morgan fingerprint density at radius 1 is 0.824 bits per heavy atom. The van der Waals surface area contributed by atoms with Crippen LogP contribution in [0, 0.1) is 10.8 Å². The van der Waals surface area contributed by atoms with E-state index in [0.717, 1.165) is 0 Å². The summed E-state index contributed by atoms with van der Waals surface area (Å²) >= 11 is 0. The molecule has 1 aliphatic heterocycles. The second-order valence-corrected chi connectivity index (χ2v) is 3.92. The molecule has 0 radical (unpaired) electrons. The van der Waals surface area contributed by atoms with Crippen LogP contribution in [0.5, 0.6) is 0 Å². The van der Waals surface area contributed by atoms with Gasteiger partial charge in [0.15, 0.2) is 10.8 Å². The SMILES string of the molecule is CC1(C(F)(F)F)C(=O)OC(=O)C1(C)C(F)(F)F. The van der Waals surface area contributed by atoms with Crippen LogP contribution >= 0.6 is 0 Å². The van der Waals surface area contributed by atoms with Gasteiger partial charge >= 0.3 is 24.3 Å². The molecule has 17 heavy (non-hydrogen) atoms. The maximum atomic E-state index is 12.6. The molecule has 0 bridgehead atoms. The molecule has 2 unspecified atom stereocenters. The van der Waals surface area contributed by atoms with Crippen molar-refractivity contribution in [3.8, 4) is 0 Å². The van der Waals surface area contributed by atoms with Crippen LogP contribution in [0.1, 0.15) is 13.8 Å². The predicted octanol–water partition coefficient (Wildman–Crippen LogP) is 2.21. The smallest absolute Gasteiger partial charge is 0.392 e. The molecule has 0 aliphatic carbocycles. The zero-order chi connectivity index (χ0) is 13.9. The van der Waals surface area contributed by atoms with Gasteiger partial charge in [0.25, 0.3) is 0 Å². The highest BCUT2D eigenvalue weighted by molar-refractivity contribution is 6.02. The zero-order valence-corrected chi connectivity index (χ0v) is 8.49. The molecular formula is C8H6F6O3. The quantitative estimate of drug-likeness (QED) is 0.382. The summed E-state index contributed by atoms with van der Waals surface area (Å²) in [6.45, 7) is 0.0153. The Balaban J connectivity index is 3.57. The Labute approximate surface area is 90.7 Å². The number of ether oxygens (including phenoxy) is 1. The van der Waals surface area contributed by atoms with Gasteiger partial charge in [-0.15, -0.1) is 0 Å². The van der Waals surface area contributed by atoms with Crippen molar-refractivity contribution < 1.29 is 40.7 Å². The molecule has 1 aliphatic rings. The number of cyclic esters (lactones) is 2. The number of rotatable bonds is 0. The number of carbonyl (C=O) groups excluding carboxylic acids is 2. The second kappa shape index (κ2) is 3.14. The average molecular weight is 264 g/mol. The first kappa shape index (κ1) is 13.8. The summed E-state index contributed by atoms with van der Waals surface area (Å²) in [6.07, 6.45) is -11.1. The summed E-state index contributed by atoms with van der Waals surface area (Å²) in [4.78, 5) is 21.9. The summed E-state index contributed by atoms with van der Waals surface area (Å²) in [6, 6.07) is 0. The van der Waals surface area contributed by atoms with Crippen LogP contribution in [0.15, 0.2) is 0 Å². The fraction of sp³-hybridized carbons (Fsp3) is 0.750. The van der Waals surface area contributed by atoms with Gasteiger partial charge in [0.05, 0.1) is 0 Å². The van der Waals surface area contributed by atoms with Gasteiger partial charge in [-0.1, -0.05) is 0 Å². The molecule has 0 aromatic rings. The Kier molecular flexibility index (Phi) is 2.54. The van der Waals surface area contributed by atoms with E-state index in [0.29, 0.717) is 0 Å². The first-order valence-electron chi connectivity index (χ1n) is 4.20. The van der Waals surface area contributed by atoms with E-state index < -0.39 is 35.1 Å². The predicted molar refractivity (Wildman–Crippen MR) is 39.4 cm³/mol. The molecule has 1 fully saturated rings. The monoisotopic (exact) mass is 264 g/mol. The van der Waals surface area contributed by atoms with E-state index in [-0.39, 0.29) is 13.8 Å². The first-order valence-corrected chi connectivity index (χ1v) is 4.20. The third-order valence-electron chi connectivity index (χ3n) is 3.14. The van der Waals surface area contributed by atoms with Crippen LogP contribution in [-0.2, 0) is 14.3 Å². The third-order valence-corrected chi connectivity index (χ3v) is 3.14. The number of halogens is 6. The molecule has 9 heteroatoms. The first-order chi connectivity index (χ1) is 7.30. The lowest BCUT2D eigenvalue weighted by Crippen LogP contribution is -2.57. The molecule has 0 saturated carbocycles. The minimum atomic E-state index is -5.56. The topological polar surface area (TPSA) is 43.4 Å². The highest BCUT2D eigenvalue weighted by Gasteiger charge is 2.83. The van der Waals surface area contributed by atoms with E-state index in [1.807, 2.05) is 0 Å². The van der Waals surface area contributed by atoms with Crippen molar-refractivity contribution in [2.45, 2.75) is 26.2 Å². The van der Waals surface area contributed by atoms with Gasteiger partial charge in [-0.25, -0.2) is 0 Å². The van der Waals surface area contributed by atoms with Gasteiger partial charge in [-0.3, -0.25) is 9.59 Å². The van der Waals surface area contributed by atoms with Crippen LogP contribution in [0.3, 0.4) is 0 Å². The van der Waals surface area contributed by atoms with Gasteiger partial charge in [-0.2, -0.15) is 26.3 Å². The highest BCUT2D eigenvalue weighted by atomic mass is 19.4. The van der Waals surface area contributed by atoms with Crippen LogP contribution in [0.4, 0.5) is 26.3 Å². The molecule has 2 atom stereocenters. The standard InChI is InChI=1S/C8H6F6O3/c1-5(7(9,10)11)3(15)17-4(16)6(5,2)8(12,13)14/h1-2H3. The molecule has 0 amide bonds. The van der Waals surface area contributed by atoms with Crippen LogP contribution in [0.2, 0.25) is 0 Å². The molecule has 1 saturated heterocycles. The number of esters is 2. The number of hydrogen-bond acceptors (Lipinski definition) is 3. The van der Waals surface area contributed by atoms with Crippen molar-refractivity contribution in [1.82, 2.24) is 0 Å². The van der Waals surface area contributed by atoms with E-state index in [1.165, 1.54) is 0 Å². The maximum Gasteiger partial charge on any atom is 0.406 e. The van der Waals surface area contributed by atoms with Crippen molar-refractivity contribution >= 4 is 11.9 Å². The van der Waals surface area contributed by atoms with E-state index in [9.17, 15) is 35.9 Å². The lowest BCUT2D eigenvalue weighted by molar-refractivity contribution is -0.301. The van der Waals surface area contributed by atoms with Crippen molar-refractivity contribution in [2.75, 3.05) is 0 Å². The Morgan fingerprint density at radius 2 is 1.06 bits per heavy atom. The molecule has 0 spiro atoms. The van der Waals surface area contributed by atoms with Gasteiger partial charge in [0.2, 0.25) is 0 Å². The third kappa shape index (κ3) is 1.37. The molecular weight excluding hydrogens is 258 g/mol. The molecule has 0 N–H and O–H groups in total. The second-order valence-electron chi connectivity index (χ2n) is 3.92. The Bertz CT molecular complexity index is 348. The van der Waals surface area contributed by atoms with Crippen LogP contribution in [-0.4, -0.2) is 24.3 Å². The number of hydrogen-bond donors (Lipinski definition) is 0. The summed E-state index contributed by atoms with van der Waals surface area (Å²) in [5.74, 6) is -4.48. The van der Waals surface area contributed by atoms with Crippen LogP contribution < -0.4 is 0 Å². The number of carbonyl (C=O) groups is 2. The van der Waals surface area contributed by atoms with Crippen molar-refractivity contribution in [3.63, 3.8) is 0 Å². The van der Waals surface area contributed by atoms with Crippen molar-refractivity contribution in [3.05, 3.63) is 0 Å². The lowest BCUT2D eigenvalue weighted by atomic mass is 9.66. The van der Waals surface area contributed by atoms with Gasteiger partial charge in [0.1, 0.15) is 0 Å². The van der Waals surface area contributed by atoms with Crippen molar-refractivity contribution in [2.24, 2.45) is 10.8 Å². The minimum absolute atomic E-state index is 0.00766. The summed E-state index contributed by atoms with van der Waals surface area (Å²) in [7, 11) is 0. The van der Waals surface area contributed by atoms with E-state index in [2.05, 4.69) is 4.74 Å². The Morgan fingerprint density at radius 3 is 1.24 bits per heavy atom. The minimum Gasteiger partial charge on any atom is -0.392 e. The van der Waals surface area contributed by atoms with E-state index >= 15 is 0 Å². The summed E-state index contributed by atoms with van der Waals surface area (Å²) in [5, 5.41) is 0. The summed E-state index contributed by atoms with van der Waals surface area (Å²) < 4.78 is 79.4. The molecule has 3 nitrogen and oxygen atoms in total. The fourth-order valence-corrected chi connectivity index (χ4v) is 1.49. The largest absolute Gasteiger partial charge is 0.406 e. The summed E-state index contributed by atoms with van der Waals surface area (Å²) in [5.41, 5.74) is -7.87. The maximum absolute atomic E-state index is 12.6. The van der Waals surface area contributed by atoms with Gasteiger partial charge in [-0.05, 0) is 13.8 Å². The molecule has 1 heterocycles.